The lowest BCUT2D eigenvalue weighted by Gasteiger charge is -2.12. The number of ether oxygens (including phenoxy) is 1. The number of amides is 2. The van der Waals surface area contributed by atoms with Crippen molar-refractivity contribution in [1.82, 2.24) is 10.6 Å². The largest absolute Gasteiger partial charge is 0.383 e. The number of methoxy groups -OCH3 is 1. The fraction of sp³-hybridized carbons (Fsp3) is 0.500. The van der Waals surface area contributed by atoms with Crippen LogP contribution in [-0.2, 0) is 9.53 Å². The monoisotopic (exact) mass is 375 g/mol. The number of nitrogens with one attached hydrogen (secondary N) is 3. The molecule has 0 heterocycles. The Hall–Kier alpha value is -1.34. The third-order valence-corrected chi connectivity index (χ3v) is 3.75. The van der Waals surface area contributed by atoms with Crippen LogP contribution >= 0.6 is 24.0 Å². The van der Waals surface area contributed by atoms with E-state index in [1.807, 2.05) is 0 Å². The molecule has 0 saturated heterocycles. The van der Waals surface area contributed by atoms with Gasteiger partial charge in [-0.1, -0.05) is 11.6 Å². The number of hydrogen-bond acceptors (Lipinski definition) is 4. The van der Waals surface area contributed by atoms with Crippen LogP contribution in [-0.4, -0.2) is 45.2 Å². The van der Waals surface area contributed by atoms with Gasteiger partial charge in [0.15, 0.2) is 0 Å². The van der Waals surface area contributed by atoms with Gasteiger partial charge in [0.1, 0.15) is 0 Å². The molecule has 2 amide bonds. The second-order valence-corrected chi connectivity index (χ2v) is 6.00. The van der Waals surface area contributed by atoms with Gasteiger partial charge < -0.3 is 20.7 Å². The van der Waals surface area contributed by atoms with Gasteiger partial charge in [0.25, 0.3) is 5.91 Å². The Bertz CT molecular complexity index is 565. The molecule has 1 aromatic carbocycles. The maximum absolute atomic E-state index is 12.3. The topological polar surface area (TPSA) is 79.5 Å². The summed E-state index contributed by atoms with van der Waals surface area (Å²) in [6.07, 6.45) is 2.32. The Morgan fingerprint density at radius 1 is 1.33 bits per heavy atom. The predicted octanol–water partition coefficient (Wildman–Crippen LogP) is 2.08. The van der Waals surface area contributed by atoms with Gasteiger partial charge in [-0.25, -0.2) is 0 Å². The maximum atomic E-state index is 12.3. The summed E-state index contributed by atoms with van der Waals surface area (Å²) in [5.41, 5.74) is 0.838. The Morgan fingerprint density at radius 3 is 2.75 bits per heavy atom. The molecule has 24 heavy (non-hydrogen) atoms. The minimum atomic E-state index is -0.223. The molecule has 0 atom stereocenters. The van der Waals surface area contributed by atoms with E-state index in [1.165, 1.54) is 0 Å². The molecule has 8 heteroatoms. The van der Waals surface area contributed by atoms with Gasteiger partial charge in [-0.2, -0.15) is 0 Å². The molecule has 1 fully saturated rings. The van der Waals surface area contributed by atoms with Crippen molar-refractivity contribution in [2.45, 2.75) is 12.8 Å². The van der Waals surface area contributed by atoms with E-state index < -0.39 is 0 Å². The van der Waals surface area contributed by atoms with E-state index in [9.17, 15) is 9.59 Å². The number of carbonyl (C=O) groups is 2. The van der Waals surface area contributed by atoms with Crippen LogP contribution in [0, 0.1) is 5.92 Å². The average Bonchev–Trinajstić information content (AvgIpc) is 3.35. The van der Waals surface area contributed by atoms with Crippen LogP contribution in [0.2, 0.25) is 5.02 Å². The third-order valence-electron chi connectivity index (χ3n) is 3.52. The fourth-order valence-corrected chi connectivity index (χ4v) is 2.21. The zero-order chi connectivity index (χ0) is 16.7. The lowest BCUT2D eigenvalue weighted by molar-refractivity contribution is -0.115. The number of anilines is 1. The van der Waals surface area contributed by atoms with Crippen LogP contribution in [0.4, 0.5) is 5.69 Å². The zero-order valence-electron chi connectivity index (χ0n) is 13.6. The predicted molar refractivity (Wildman–Crippen MR) is 97.1 cm³/mol. The molecule has 0 unspecified atom stereocenters. The molecule has 134 valence electrons. The first-order valence-electron chi connectivity index (χ1n) is 7.67. The first-order chi connectivity index (χ1) is 11.1. The van der Waals surface area contributed by atoms with Crippen molar-refractivity contribution in [2.75, 3.05) is 38.7 Å². The van der Waals surface area contributed by atoms with Gasteiger partial charge in [-0.3, -0.25) is 9.59 Å². The highest BCUT2D eigenvalue weighted by Crippen LogP contribution is 2.28. The van der Waals surface area contributed by atoms with Crippen LogP contribution in [0.1, 0.15) is 23.2 Å². The molecule has 0 aliphatic heterocycles. The average molecular weight is 376 g/mol. The van der Waals surface area contributed by atoms with E-state index in [-0.39, 0.29) is 30.8 Å². The molecule has 2 rings (SSSR count). The highest BCUT2D eigenvalue weighted by atomic mass is 35.5. The molecule has 1 aliphatic carbocycles. The smallest absolute Gasteiger partial charge is 0.253 e. The zero-order valence-corrected chi connectivity index (χ0v) is 15.1. The van der Waals surface area contributed by atoms with Crippen molar-refractivity contribution in [1.29, 1.82) is 0 Å². The third kappa shape index (κ3) is 7.05. The van der Waals surface area contributed by atoms with Crippen LogP contribution in [0.25, 0.3) is 0 Å². The molecule has 0 aromatic heterocycles. The number of halogens is 2. The summed E-state index contributed by atoms with van der Waals surface area (Å²) in [7, 11) is 1.60. The van der Waals surface area contributed by atoms with Gasteiger partial charge >= 0.3 is 0 Å². The summed E-state index contributed by atoms with van der Waals surface area (Å²) in [4.78, 5) is 24.2. The van der Waals surface area contributed by atoms with Crippen molar-refractivity contribution in [3.8, 4) is 0 Å². The lowest BCUT2D eigenvalue weighted by Crippen LogP contribution is -2.31. The first-order valence-corrected chi connectivity index (χ1v) is 8.05. The van der Waals surface area contributed by atoms with Crippen molar-refractivity contribution < 1.29 is 14.3 Å². The number of carbonyl (C=O) groups excluding carboxylic acids is 2. The highest BCUT2D eigenvalue weighted by molar-refractivity contribution is 6.31. The van der Waals surface area contributed by atoms with Crippen LogP contribution in [0.15, 0.2) is 18.2 Å². The summed E-state index contributed by atoms with van der Waals surface area (Å²) in [5.74, 6) is 0.142. The van der Waals surface area contributed by atoms with Crippen molar-refractivity contribution in [3.05, 3.63) is 28.8 Å². The number of rotatable bonds is 9. The Kier molecular flexibility index (Phi) is 9.07. The first kappa shape index (κ1) is 20.7. The van der Waals surface area contributed by atoms with Crippen molar-refractivity contribution >= 4 is 41.5 Å². The fourth-order valence-electron chi connectivity index (χ4n) is 2.04. The standard InChI is InChI=1S/C16H22ClN3O3.ClH/c1-23-7-6-18-10-15(21)20-14-5-4-12(17)8-13(14)16(22)19-9-11-2-3-11;/h4-5,8,11,18H,2-3,6-7,9-10H2,1H3,(H,19,22)(H,20,21);1H. The normalized spacial score (nSPS) is 13.1. The summed E-state index contributed by atoms with van der Waals surface area (Å²) < 4.78 is 4.90. The van der Waals surface area contributed by atoms with E-state index in [4.69, 9.17) is 16.3 Å². The van der Waals surface area contributed by atoms with Gasteiger partial charge in [0.05, 0.1) is 24.4 Å². The van der Waals surface area contributed by atoms with Crippen molar-refractivity contribution in [2.24, 2.45) is 5.92 Å². The van der Waals surface area contributed by atoms with E-state index in [0.29, 0.717) is 41.9 Å². The Morgan fingerprint density at radius 2 is 2.08 bits per heavy atom. The Labute approximate surface area is 153 Å². The second-order valence-electron chi connectivity index (χ2n) is 5.56. The molecule has 3 N–H and O–H groups in total. The second kappa shape index (κ2) is 10.5. The van der Waals surface area contributed by atoms with Gasteiger partial charge in [-0.05, 0) is 37.0 Å². The Balaban J connectivity index is 0.00000288. The molecule has 1 saturated carbocycles. The number of benzene rings is 1. The van der Waals surface area contributed by atoms with Crippen LogP contribution in [0.5, 0.6) is 0 Å². The van der Waals surface area contributed by atoms with E-state index in [2.05, 4.69) is 16.0 Å². The minimum absolute atomic E-state index is 0. The summed E-state index contributed by atoms with van der Waals surface area (Å²) in [6.45, 7) is 1.93. The minimum Gasteiger partial charge on any atom is -0.383 e. The molecule has 0 spiro atoms. The summed E-state index contributed by atoms with van der Waals surface area (Å²) >= 11 is 5.97. The maximum Gasteiger partial charge on any atom is 0.253 e. The van der Waals surface area contributed by atoms with Gasteiger partial charge in [0.2, 0.25) is 5.91 Å². The molecular formula is C16H23Cl2N3O3. The molecular weight excluding hydrogens is 353 g/mol. The molecule has 1 aromatic rings. The van der Waals surface area contributed by atoms with Crippen LogP contribution in [0.3, 0.4) is 0 Å². The SMILES string of the molecule is COCCNCC(=O)Nc1ccc(Cl)cc1C(=O)NCC1CC1.Cl. The summed E-state index contributed by atoms with van der Waals surface area (Å²) in [5, 5.41) is 9.03. The van der Waals surface area contributed by atoms with E-state index in [1.54, 1.807) is 25.3 Å². The highest BCUT2D eigenvalue weighted by Gasteiger charge is 2.22. The quantitative estimate of drug-likeness (QED) is 0.577. The molecule has 0 bridgehead atoms. The van der Waals surface area contributed by atoms with Crippen LogP contribution < -0.4 is 16.0 Å². The van der Waals surface area contributed by atoms with E-state index in [0.717, 1.165) is 12.8 Å². The van der Waals surface area contributed by atoms with E-state index >= 15 is 0 Å². The molecule has 0 radical (unpaired) electrons. The number of hydrogen-bond donors (Lipinski definition) is 3. The lowest BCUT2D eigenvalue weighted by atomic mass is 10.1. The van der Waals surface area contributed by atoms with Gasteiger partial charge in [-0.15, -0.1) is 12.4 Å². The van der Waals surface area contributed by atoms with Gasteiger partial charge in [0, 0.05) is 25.2 Å². The molecule has 1 aliphatic rings. The van der Waals surface area contributed by atoms with Crippen molar-refractivity contribution in [3.63, 3.8) is 0 Å². The summed E-state index contributed by atoms with van der Waals surface area (Å²) in [6, 6.07) is 4.85. The molecule has 6 nitrogen and oxygen atoms in total.